The van der Waals surface area contributed by atoms with Gasteiger partial charge in [-0.15, -0.1) is 0 Å². The molecule has 4 rings (SSSR count). The van der Waals surface area contributed by atoms with Crippen LogP contribution in [-0.2, 0) is 11.3 Å². The number of benzene rings is 2. The molecule has 1 aromatic heterocycles. The lowest BCUT2D eigenvalue weighted by molar-refractivity contribution is 0.138. The lowest BCUT2D eigenvalue weighted by Crippen LogP contribution is -2.32. The average Bonchev–Trinajstić information content (AvgIpc) is 3.47. The topological polar surface area (TPSA) is 86.1 Å². The van der Waals surface area contributed by atoms with Crippen LogP contribution in [0.5, 0.6) is 11.5 Å². The number of carbonyl (C=O) groups is 1. The second-order valence-corrected chi connectivity index (χ2v) is 7.68. The summed E-state index contributed by atoms with van der Waals surface area (Å²) in [7, 11) is 1.61. The predicted molar refractivity (Wildman–Crippen MR) is 121 cm³/mol. The van der Waals surface area contributed by atoms with Gasteiger partial charge >= 0.3 is 6.09 Å². The fourth-order valence-electron chi connectivity index (χ4n) is 3.72. The molecule has 3 aromatic rings. The number of aryl methyl sites for hydroxylation is 1. The standard InChI is InChI=1S/C24H27N3O5/c1-17-3-6-19(7-4-17)26(24(28)29)12-13-27-21(9-11-25-27)18-5-8-22(30-2)23(15-18)32-20-10-14-31-16-20/h3-9,11,15,20H,10,12-14,16H2,1-2H3,(H,28,29)/t20-/m1/s1. The quantitative estimate of drug-likeness (QED) is 0.568. The molecule has 1 amide bonds. The molecule has 0 unspecified atom stereocenters. The van der Waals surface area contributed by atoms with Crippen molar-refractivity contribution < 1.29 is 24.1 Å². The second kappa shape index (κ2) is 9.74. The Hall–Kier alpha value is -3.52. The highest BCUT2D eigenvalue weighted by atomic mass is 16.6. The highest BCUT2D eigenvalue weighted by Gasteiger charge is 2.20. The zero-order valence-electron chi connectivity index (χ0n) is 18.2. The van der Waals surface area contributed by atoms with E-state index >= 15 is 0 Å². The average molecular weight is 437 g/mol. The van der Waals surface area contributed by atoms with Crippen LogP contribution in [0, 0.1) is 6.92 Å². The van der Waals surface area contributed by atoms with Crippen molar-refractivity contribution in [3.05, 3.63) is 60.3 Å². The van der Waals surface area contributed by atoms with Crippen molar-refractivity contribution in [1.82, 2.24) is 9.78 Å². The summed E-state index contributed by atoms with van der Waals surface area (Å²) in [4.78, 5) is 13.2. The Bertz CT molecular complexity index is 1060. The third-order valence-electron chi connectivity index (χ3n) is 5.47. The van der Waals surface area contributed by atoms with Crippen LogP contribution in [0.4, 0.5) is 10.5 Å². The van der Waals surface area contributed by atoms with E-state index in [0.717, 1.165) is 23.2 Å². The molecule has 8 nitrogen and oxygen atoms in total. The number of rotatable bonds is 8. The lowest BCUT2D eigenvalue weighted by atomic mass is 10.1. The first-order valence-corrected chi connectivity index (χ1v) is 10.6. The Morgan fingerprint density at radius 3 is 2.72 bits per heavy atom. The summed E-state index contributed by atoms with van der Waals surface area (Å²) in [5.41, 5.74) is 3.50. The van der Waals surface area contributed by atoms with Crippen molar-refractivity contribution in [3.63, 3.8) is 0 Å². The molecule has 1 aliphatic heterocycles. The summed E-state index contributed by atoms with van der Waals surface area (Å²) in [5, 5.41) is 14.1. The molecule has 1 saturated heterocycles. The number of aromatic nitrogens is 2. The SMILES string of the molecule is COc1ccc(-c2ccnn2CCN(C(=O)O)c2ccc(C)cc2)cc1O[C@@H]1CCOC1. The molecule has 1 atom stereocenters. The number of carboxylic acid groups (broad SMARTS) is 1. The summed E-state index contributed by atoms with van der Waals surface area (Å²) >= 11 is 0. The van der Waals surface area contributed by atoms with E-state index in [2.05, 4.69) is 5.10 Å². The molecule has 0 bridgehead atoms. The number of hydrogen-bond acceptors (Lipinski definition) is 5. The van der Waals surface area contributed by atoms with E-state index in [4.69, 9.17) is 14.2 Å². The number of hydrogen-bond donors (Lipinski definition) is 1. The molecule has 2 heterocycles. The summed E-state index contributed by atoms with van der Waals surface area (Å²) < 4.78 is 18.8. The smallest absolute Gasteiger partial charge is 0.411 e. The highest BCUT2D eigenvalue weighted by Crippen LogP contribution is 2.34. The minimum Gasteiger partial charge on any atom is -0.493 e. The molecule has 1 aliphatic rings. The van der Waals surface area contributed by atoms with Gasteiger partial charge in [-0.1, -0.05) is 17.7 Å². The summed E-state index contributed by atoms with van der Waals surface area (Å²) in [5.74, 6) is 1.31. The first-order valence-electron chi connectivity index (χ1n) is 10.6. The van der Waals surface area contributed by atoms with E-state index in [1.54, 1.807) is 18.0 Å². The first-order chi connectivity index (χ1) is 15.5. The highest BCUT2D eigenvalue weighted by molar-refractivity contribution is 5.85. The van der Waals surface area contributed by atoms with Crippen molar-refractivity contribution in [3.8, 4) is 22.8 Å². The second-order valence-electron chi connectivity index (χ2n) is 7.68. The third kappa shape index (κ3) is 4.86. The predicted octanol–water partition coefficient (Wildman–Crippen LogP) is 4.22. The normalized spacial score (nSPS) is 15.5. The van der Waals surface area contributed by atoms with Crippen molar-refractivity contribution in [2.75, 3.05) is 31.8 Å². The number of anilines is 1. The monoisotopic (exact) mass is 437 g/mol. The van der Waals surface area contributed by atoms with Gasteiger partial charge in [-0.25, -0.2) is 4.79 Å². The van der Waals surface area contributed by atoms with E-state index in [1.807, 2.05) is 55.5 Å². The van der Waals surface area contributed by atoms with E-state index in [0.29, 0.717) is 36.9 Å². The maximum Gasteiger partial charge on any atom is 0.411 e. The van der Waals surface area contributed by atoms with Gasteiger partial charge in [-0.2, -0.15) is 5.10 Å². The Balaban J connectivity index is 1.54. The van der Waals surface area contributed by atoms with Gasteiger partial charge in [-0.05, 0) is 43.3 Å². The van der Waals surface area contributed by atoms with Gasteiger partial charge in [-0.3, -0.25) is 9.58 Å². The molecule has 1 N–H and O–H groups in total. The molecule has 0 aliphatic carbocycles. The molecule has 168 valence electrons. The Kier molecular flexibility index (Phi) is 6.61. The van der Waals surface area contributed by atoms with Crippen LogP contribution in [-0.4, -0.2) is 54.0 Å². The Morgan fingerprint density at radius 1 is 1.22 bits per heavy atom. The molecule has 0 saturated carbocycles. The van der Waals surface area contributed by atoms with Crippen LogP contribution in [0.25, 0.3) is 11.3 Å². The number of ether oxygens (including phenoxy) is 3. The van der Waals surface area contributed by atoms with Crippen LogP contribution in [0.3, 0.4) is 0 Å². The van der Waals surface area contributed by atoms with Gasteiger partial charge in [0.25, 0.3) is 0 Å². The van der Waals surface area contributed by atoms with Crippen molar-refractivity contribution >= 4 is 11.8 Å². The molecule has 0 spiro atoms. The zero-order chi connectivity index (χ0) is 22.5. The number of nitrogens with zero attached hydrogens (tertiary/aromatic N) is 3. The fourth-order valence-corrected chi connectivity index (χ4v) is 3.72. The molecule has 32 heavy (non-hydrogen) atoms. The number of methoxy groups -OCH3 is 1. The van der Waals surface area contributed by atoms with Crippen LogP contribution >= 0.6 is 0 Å². The maximum atomic E-state index is 11.8. The van der Waals surface area contributed by atoms with Crippen LogP contribution in [0.15, 0.2) is 54.7 Å². The summed E-state index contributed by atoms with van der Waals surface area (Å²) in [6, 6.07) is 15.1. The zero-order valence-corrected chi connectivity index (χ0v) is 18.2. The molecular formula is C24H27N3O5. The van der Waals surface area contributed by atoms with E-state index < -0.39 is 6.09 Å². The maximum absolute atomic E-state index is 11.8. The largest absolute Gasteiger partial charge is 0.493 e. The molecule has 0 radical (unpaired) electrons. The van der Waals surface area contributed by atoms with Crippen molar-refractivity contribution in [2.45, 2.75) is 26.0 Å². The first kappa shape index (κ1) is 21.7. The van der Waals surface area contributed by atoms with Gasteiger partial charge < -0.3 is 19.3 Å². The minimum atomic E-state index is -0.999. The molecule has 8 heteroatoms. The fraction of sp³-hybridized carbons (Fsp3) is 0.333. The Labute approximate surface area is 186 Å². The van der Waals surface area contributed by atoms with E-state index in [9.17, 15) is 9.90 Å². The van der Waals surface area contributed by atoms with E-state index in [-0.39, 0.29) is 12.6 Å². The lowest BCUT2D eigenvalue weighted by Gasteiger charge is -2.20. The molecular weight excluding hydrogens is 410 g/mol. The number of amides is 1. The van der Waals surface area contributed by atoms with Gasteiger partial charge in [0.05, 0.1) is 32.6 Å². The van der Waals surface area contributed by atoms with Crippen LogP contribution in [0.2, 0.25) is 0 Å². The van der Waals surface area contributed by atoms with Crippen molar-refractivity contribution in [1.29, 1.82) is 0 Å². The van der Waals surface area contributed by atoms with Gasteiger partial charge in [0.2, 0.25) is 0 Å². The van der Waals surface area contributed by atoms with Crippen LogP contribution in [0.1, 0.15) is 12.0 Å². The molecule has 2 aromatic carbocycles. The minimum absolute atomic E-state index is 0.00250. The third-order valence-corrected chi connectivity index (χ3v) is 5.47. The van der Waals surface area contributed by atoms with Gasteiger partial charge in [0.1, 0.15) is 6.10 Å². The summed E-state index contributed by atoms with van der Waals surface area (Å²) in [6.07, 6.45) is 1.56. The Morgan fingerprint density at radius 2 is 2.03 bits per heavy atom. The molecule has 1 fully saturated rings. The van der Waals surface area contributed by atoms with Gasteiger partial charge in [0, 0.05) is 30.4 Å². The summed E-state index contributed by atoms with van der Waals surface area (Å²) in [6.45, 7) is 3.90. The van der Waals surface area contributed by atoms with Crippen LogP contribution < -0.4 is 14.4 Å². The van der Waals surface area contributed by atoms with E-state index in [1.165, 1.54) is 4.90 Å². The van der Waals surface area contributed by atoms with Gasteiger partial charge in [0.15, 0.2) is 11.5 Å². The van der Waals surface area contributed by atoms with Crippen molar-refractivity contribution in [2.24, 2.45) is 0 Å².